The normalized spacial score (nSPS) is 12.7. The van der Waals surface area contributed by atoms with Crippen LogP contribution in [-0.4, -0.2) is 47.4 Å². The number of aliphatic hydroxyl groups is 2. The van der Waals surface area contributed by atoms with Gasteiger partial charge in [-0.15, -0.1) is 0 Å². The summed E-state index contributed by atoms with van der Waals surface area (Å²) in [4.78, 5) is 24.6. The van der Waals surface area contributed by atoms with E-state index in [-0.39, 0.29) is 18.5 Å². The standard InChI is InChI=1S/C72H137NO5/c1-3-5-7-9-11-13-15-16-17-18-32-36-39-42-46-50-54-58-62-66-72(77)78-67-63-59-55-51-47-43-40-37-34-31-29-27-25-23-21-19-20-22-24-26-28-30-33-35-38-41-45-49-53-57-61-65-71(76)73-69(68-74)70(75)64-60-56-52-48-44-14-12-10-8-6-4-2/h21,23,27,29,60,64,69-70,74-75H,3-20,22,24-26,28,30-59,61-63,65-68H2,1-2H3,(H,73,76)/b23-21-,29-27-,64-60+. The van der Waals surface area contributed by atoms with Gasteiger partial charge >= 0.3 is 5.97 Å². The lowest BCUT2D eigenvalue weighted by molar-refractivity contribution is -0.143. The number of allylic oxidation sites excluding steroid dienone is 5. The number of amides is 1. The number of rotatable bonds is 66. The van der Waals surface area contributed by atoms with Crippen LogP contribution < -0.4 is 5.32 Å². The summed E-state index contributed by atoms with van der Waals surface area (Å²) in [5, 5.41) is 23.0. The van der Waals surface area contributed by atoms with Crippen LogP contribution in [-0.2, 0) is 14.3 Å². The molecule has 0 aliphatic rings. The molecule has 0 saturated heterocycles. The number of aliphatic hydroxyl groups excluding tert-OH is 2. The summed E-state index contributed by atoms with van der Waals surface area (Å²) in [5.41, 5.74) is 0. The summed E-state index contributed by atoms with van der Waals surface area (Å²) in [6.45, 7) is 4.92. The van der Waals surface area contributed by atoms with Crippen molar-refractivity contribution in [1.29, 1.82) is 0 Å². The maximum absolute atomic E-state index is 12.4. The Kier molecular flexibility index (Phi) is 65.9. The van der Waals surface area contributed by atoms with Crippen molar-refractivity contribution in [2.45, 2.75) is 398 Å². The van der Waals surface area contributed by atoms with Gasteiger partial charge in [-0.1, -0.05) is 346 Å². The largest absolute Gasteiger partial charge is 0.466 e. The molecule has 6 heteroatoms. The van der Waals surface area contributed by atoms with Crippen molar-refractivity contribution >= 4 is 11.9 Å². The van der Waals surface area contributed by atoms with Crippen molar-refractivity contribution in [3.05, 3.63) is 36.5 Å². The van der Waals surface area contributed by atoms with Crippen molar-refractivity contribution < 1.29 is 24.5 Å². The fourth-order valence-corrected chi connectivity index (χ4v) is 11.0. The van der Waals surface area contributed by atoms with Crippen LogP contribution in [0.3, 0.4) is 0 Å². The number of carbonyl (C=O) groups excluding carboxylic acids is 2. The number of hydrogen-bond acceptors (Lipinski definition) is 5. The Morgan fingerprint density at radius 1 is 0.359 bits per heavy atom. The fraction of sp³-hybridized carbons (Fsp3) is 0.889. The third-order valence-corrected chi connectivity index (χ3v) is 16.4. The van der Waals surface area contributed by atoms with Gasteiger partial charge in [0.25, 0.3) is 0 Å². The second-order valence-electron chi connectivity index (χ2n) is 24.2. The molecule has 3 N–H and O–H groups in total. The zero-order valence-electron chi connectivity index (χ0n) is 52.7. The first-order valence-electron chi connectivity index (χ1n) is 35.3. The number of esters is 1. The molecule has 0 aromatic rings. The van der Waals surface area contributed by atoms with Crippen molar-refractivity contribution in [3.63, 3.8) is 0 Å². The second-order valence-corrected chi connectivity index (χ2v) is 24.2. The average Bonchev–Trinajstić information content (AvgIpc) is 3.44. The van der Waals surface area contributed by atoms with Gasteiger partial charge < -0.3 is 20.3 Å². The van der Waals surface area contributed by atoms with Gasteiger partial charge in [0, 0.05) is 12.8 Å². The van der Waals surface area contributed by atoms with E-state index in [1.54, 1.807) is 6.08 Å². The highest BCUT2D eigenvalue weighted by molar-refractivity contribution is 5.76. The van der Waals surface area contributed by atoms with Gasteiger partial charge in [-0.2, -0.15) is 0 Å². The number of nitrogens with one attached hydrogen (secondary N) is 1. The monoisotopic (exact) mass is 1100 g/mol. The topological polar surface area (TPSA) is 95.9 Å². The van der Waals surface area contributed by atoms with Crippen molar-refractivity contribution in [1.82, 2.24) is 5.32 Å². The van der Waals surface area contributed by atoms with E-state index in [0.717, 1.165) is 44.9 Å². The molecule has 1 amide bonds. The number of hydrogen-bond donors (Lipinski definition) is 3. The molecule has 0 aromatic carbocycles. The van der Waals surface area contributed by atoms with Crippen LogP contribution in [0.25, 0.3) is 0 Å². The lowest BCUT2D eigenvalue weighted by atomic mass is 10.0. The Bertz CT molecular complexity index is 1260. The lowest BCUT2D eigenvalue weighted by Gasteiger charge is -2.20. The molecular formula is C72H137NO5. The van der Waals surface area contributed by atoms with Crippen LogP contribution in [0.15, 0.2) is 36.5 Å². The molecule has 0 aromatic heterocycles. The molecular weight excluding hydrogens is 959 g/mol. The van der Waals surface area contributed by atoms with Crippen LogP contribution in [0.2, 0.25) is 0 Å². The van der Waals surface area contributed by atoms with Crippen molar-refractivity contribution in [2.75, 3.05) is 13.2 Å². The van der Waals surface area contributed by atoms with Crippen molar-refractivity contribution in [3.8, 4) is 0 Å². The van der Waals surface area contributed by atoms with Crippen LogP contribution in [0.1, 0.15) is 386 Å². The Balaban J connectivity index is 3.36. The third-order valence-electron chi connectivity index (χ3n) is 16.4. The minimum absolute atomic E-state index is 0.0180. The molecule has 0 bridgehead atoms. The van der Waals surface area contributed by atoms with Crippen LogP contribution in [0.5, 0.6) is 0 Å². The van der Waals surface area contributed by atoms with Crippen LogP contribution in [0.4, 0.5) is 0 Å². The van der Waals surface area contributed by atoms with E-state index < -0.39 is 12.1 Å². The van der Waals surface area contributed by atoms with E-state index in [9.17, 15) is 19.8 Å². The summed E-state index contributed by atoms with van der Waals surface area (Å²) in [5.74, 6) is -0.0494. The summed E-state index contributed by atoms with van der Waals surface area (Å²) >= 11 is 0. The SMILES string of the molecule is CCCCCCCCCCC/C=C/C(O)C(CO)NC(=O)CCCCCCCCCCCCCCCCC/C=C\C/C=C\CCCCCCCCCCCOC(=O)CCCCCCCCCCCCCCCCCCCCC. The Morgan fingerprint density at radius 2 is 0.641 bits per heavy atom. The number of ether oxygens (including phenoxy) is 1. The van der Waals surface area contributed by atoms with Gasteiger partial charge in [0.2, 0.25) is 5.91 Å². The predicted molar refractivity (Wildman–Crippen MR) is 343 cm³/mol. The van der Waals surface area contributed by atoms with Gasteiger partial charge in [-0.05, 0) is 64.2 Å². The predicted octanol–water partition coefficient (Wildman–Crippen LogP) is 22.7. The molecule has 2 unspecified atom stereocenters. The molecule has 0 rings (SSSR count). The highest BCUT2D eigenvalue weighted by Gasteiger charge is 2.18. The third kappa shape index (κ3) is 63.3. The van der Waals surface area contributed by atoms with Gasteiger partial charge in [0.1, 0.15) is 0 Å². The lowest BCUT2D eigenvalue weighted by Crippen LogP contribution is -2.45. The quantitative estimate of drug-likeness (QED) is 0.0320. The minimum Gasteiger partial charge on any atom is -0.466 e. The zero-order valence-corrected chi connectivity index (χ0v) is 52.7. The van der Waals surface area contributed by atoms with Gasteiger partial charge in [0.15, 0.2) is 0 Å². The first kappa shape index (κ1) is 76.1. The molecule has 6 nitrogen and oxygen atoms in total. The molecule has 0 fully saturated rings. The molecule has 460 valence electrons. The molecule has 0 aliphatic heterocycles. The summed E-state index contributed by atoms with van der Waals surface area (Å²) < 4.78 is 5.51. The van der Waals surface area contributed by atoms with Gasteiger partial charge in [-0.3, -0.25) is 9.59 Å². The maximum atomic E-state index is 12.4. The second kappa shape index (κ2) is 67.6. The molecule has 0 aliphatic carbocycles. The smallest absolute Gasteiger partial charge is 0.305 e. The minimum atomic E-state index is -0.843. The first-order valence-corrected chi connectivity index (χ1v) is 35.3. The average molecular weight is 1100 g/mol. The van der Waals surface area contributed by atoms with E-state index in [1.807, 2.05) is 6.08 Å². The highest BCUT2D eigenvalue weighted by atomic mass is 16.5. The van der Waals surface area contributed by atoms with E-state index in [2.05, 4.69) is 43.5 Å². The molecule has 0 spiro atoms. The summed E-state index contributed by atoms with van der Waals surface area (Å²) in [6, 6.07) is -0.626. The number of unbranched alkanes of at least 4 members (excludes halogenated alkanes) is 51. The first-order chi connectivity index (χ1) is 38.5. The molecule has 0 radical (unpaired) electrons. The Labute approximate surface area is 487 Å². The zero-order chi connectivity index (χ0) is 56.4. The number of carbonyl (C=O) groups is 2. The Hall–Kier alpha value is -1.92. The van der Waals surface area contributed by atoms with Crippen LogP contribution in [0, 0.1) is 0 Å². The molecule has 2 atom stereocenters. The van der Waals surface area contributed by atoms with Gasteiger partial charge in [-0.25, -0.2) is 0 Å². The Morgan fingerprint density at radius 3 is 0.974 bits per heavy atom. The van der Waals surface area contributed by atoms with Gasteiger partial charge in [0.05, 0.1) is 25.4 Å². The van der Waals surface area contributed by atoms with E-state index >= 15 is 0 Å². The van der Waals surface area contributed by atoms with E-state index in [1.165, 1.54) is 315 Å². The van der Waals surface area contributed by atoms with E-state index in [4.69, 9.17) is 4.74 Å². The fourth-order valence-electron chi connectivity index (χ4n) is 11.0. The summed E-state index contributed by atoms with van der Waals surface area (Å²) in [6.07, 6.45) is 86.7. The van der Waals surface area contributed by atoms with Crippen LogP contribution >= 0.6 is 0 Å². The molecule has 0 heterocycles. The van der Waals surface area contributed by atoms with E-state index in [0.29, 0.717) is 19.4 Å². The highest BCUT2D eigenvalue weighted by Crippen LogP contribution is 2.18. The summed E-state index contributed by atoms with van der Waals surface area (Å²) in [7, 11) is 0. The maximum Gasteiger partial charge on any atom is 0.305 e. The molecule has 0 saturated carbocycles. The van der Waals surface area contributed by atoms with Crippen molar-refractivity contribution in [2.24, 2.45) is 0 Å². The molecule has 78 heavy (non-hydrogen) atoms.